The number of fused-ring (bicyclic) bond motifs is 1. The summed E-state index contributed by atoms with van der Waals surface area (Å²) < 4.78 is 61.1. The van der Waals surface area contributed by atoms with Crippen LogP contribution in [0.5, 0.6) is 0 Å². The van der Waals surface area contributed by atoms with Gasteiger partial charge in [0, 0.05) is 23.0 Å². The first-order valence-corrected chi connectivity index (χ1v) is 9.86. The molecule has 7 nitrogen and oxygen atoms in total. The van der Waals surface area contributed by atoms with Crippen LogP contribution in [0.3, 0.4) is 0 Å². The minimum atomic E-state index is -4.74. The molecule has 4 rings (SSSR count). The van der Waals surface area contributed by atoms with E-state index >= 15 is 0 Å². The van der Waals surface area contributed by atoms with Gasteiger partial charge in [-0.1, -0.05) is 33.9 Å². The SMILES string of the molecule is O=C(OCc1cnc2c(c1)CCCC2)N(F)Cc1ccc(-c2noc(C(F)(F)F)n2)cc1. The zero-order chi connectivity index (χ0) is 22.7. The fourth-order valence-electron chi connectivity index (χ4n) is 3.37. The highest BCUT2D eigenvalue weighted by Crippen LogP contribution is 2.29. The van der Waals surface area contributed by atoms with E-state index in [9.17, 15) is 22.4 Å². The van der Waals surface area contributed by atoms with Gasteiger partial charge in [-0.25, -0.2) is 4.79 Å². The molecule has 1 amide bonds. The molecule has 0 atom stereocenters. The number of carbonyl (C=O) groups is 1. The molecule has 32 heavy (non-hydrogen) atoms. The van der Waals surface area contributed by atoms with Crippen LogP contribution in [-0.2, 0) is 36.9 Å². The summed E-state index contributed by atoms with van der Waals surface area (Å²) in [6.07, 6.45) is -0.212. The van der Waals surface area contributed by atoms with E-state index in [1.165, 1.54) is 24.3 Å². The maximum atomic E-state index is 14.2. The number of aryl methyl sites for hydroxylation is 2. The molecule has 1 aliphatic rings. The number of halogens is 4. The van der Waals surface area contributed by atoms with Gasteiger partial charge in [0.2, 0.25) is 5.82 Å². The van der Waals surface area contributed by atoms with Crippen LogP contribution < -0.4 is 0 Å². The van der Waals surface area contributed by atoms with Crippen LogP contribution in [0.25, 0.3) is 11.4 Å². The quantitative estimate of drug-likeness (QED) is 0.400. The lowest BCUT2D eigenvalue weighted by Crippen LogP contribution is -2.23. The van der Waals surface area contributed by atoms with E-state index in [1.54, 1.807) is 6.20 Å². The molecule has 0 spiro atoms. The highest BCUT2D eigenvalue weighted by atomic mass is 19.4. The Kier molecular flexibility index (Phi) is 6.06. The van der Waals surface area contributed by atoms with E-state index in [-0.39, 0.29) is 23.1 Å². The van der Waals surface area contributed by atoms with Crippen molar-refractivity contribution in [3.05, 3.63) is 64.8 Å². The predicted molar refractivity (Wildman–Crippen MR) is 102 cm³/mol. The van der Waals surface area contributed by atoms with Crippen molar-refractivity contribution in [2.75, 3.05) is 0 Å². The molecule has 0 bridgehead atoms. The largest absolute Gasteiger partial charge is 0.471 e. The fourth-order valence-corrected chi connectivity index (χ4v) is 3.37. The Labute approximate surface area is 179 Å². The minimum absolute atomic E-state index is 0.0864. The summed E-state index contributed by atoms with van der Waals surface area (Å²) in [6, 6.07) is 7.60. The zero-order valence-corrected chi connectivity index (χ0v) is 16.7. The van der Waals surface area contributed by atoms with Crippen molar-refractivity contribution in [3.63, 3.8) is 0 Å². The van der Waals surface area contributed by atoms with Crippen LogP contribution in [0.4, 0.5) is 22.4 Å². The van der Waals surface area contributed by atoms with Crippen LogP contribution in [0.2, 0.25) is 0 Å². The van der Waals surface area contributed by atoms with E-state index in [4.69, 9.17) is 4.74 Å². The van der Waals surface area contributed by atoms with Gasteiger partial charge < -0.3 is 9.26 Å². The molecule has 0 fully saturated rings. The third kappa shape index (κ3) is 5.04. The highest BCUT2D eigenvalue weighted by Gasteiger charge is 2.38. The van der Waals surface area contributed by atoms with E-state index in [0.717, 1.165) is 36.9 Å². The second-order valence-electron chi connectivity index (χ2n) is 7.35. The van der Waals surface area contributed by atoms with E-state index in [1.807, 2.05) is 6.07 Å². The van der Waals surface area contributed by atoms with Crippen molar-refractivity contribution < 1.29 is 31.7 Å². The molecule has 0 saturated heterocycles. The van der Waals surface area contributed by atoms with Gasteiger partial charge >= 0.3 is 18.2 Å². The van der Waals surface area contributed by atoms with Crippen molar-refractivity contribution in [1.29, 1.82) is 0 Å². The van der Waals surface area contributed by atoms with Gasteiger partial charge in [-0.3, -0.25) is 4.98 Å². The maximum Gasteiger partial charge on any atom is 0.471 e. The lowest BCUT2D eigenvalue weighted by atomic mass is 9.95. The molecule has 1 aromatic carbocycles. The monoisotopic (exact) mass is 450 g/mol. The van der Waals surface area contributed by atoms with Crippen molar-refractivity contribution in [3.8, 4) is 11.4 Å². The predicted octanol–water partition coefficient (Wildman–Crippen LogP) is 5.05. The fraction of sp³-hybridized carbons (Fsp3) is 0.333. The Morgan fingerprint density at radius 2 is 1.88 bits per heavy atom. The summed E-state index contributed by atoms with van der Waals surface area (Å²) in [5, 5.41) is 3.20. The topological polar surface area (TPSA) is 81.4 Å². The molecular formula is C21H18F4N4O3. The Morgan fingerprint density at radius 3 is 2.59 bits per heavy atom. The number of carbonyl (C=O) groups excluding carboxylic acids is 1. The average Bonchev–Trinajstić information content (AvgIpc) is 3.29. The smallest absolute Gasteiger partial charge is 0.443 e. The average molecular weight is 450 g/mol. The summed E-state index contributed by atoms with van der Waals surface area (Å²) in [6.45, 7) is -0.501. The Hall–Kier alpha value is -3.50. The van der Waals surface area contributed by atoms with E-state index in [2.05, 4.69) is 19.6 Å². The lowest BCUT2D eigenvalue weighted by Gasteiger charge is -2.16. The minimum Gasteiger partial charge on any atom is -0.443 e. The molecule has 1 aliphatic carbocycles. The summed E-state index contributed by atoms with van der Waals surface area (Å²) in [7, 11) is 0. The Morgan fingerprint density at radius 1 is 1.12 bits per heavy atom. The molecule has 168 valence electrons. The van der Waals surface area contributed by atoms with Crippen LogP contribution in [0.1, 0.15) is 41.1 Å². The van der Waals surface area contributed by atoms with Crippen LogP contribution in [-0.4, -0.2) is 26.3 Å². The number of ether oxygens (including phenoxy) is 1. The van der Waals surface area contributed by atoms with E-state index < -0.39 is 24.7 Å². The number of hydrogen-bond donors (Lipinski definition) is 0. The first-order chi connectivity index (χ1) is 15.3. The third-order valence-electron chi connectivity index (χ3n) is 4.99. The number of aromatic nitrogens is 3. The maximum absolute atomic E-state index is 14.2. The van der Waals surface area contributed by atoms with Crippen molar-refractivity contribution in [2.45, 2.75) is 45.0 Å². The number of alkyl halides is 3. The molecule has 3 aromatic rings. The second-order valence-corrected chi connectivity index (χ2v) is 7.35. The normalized spacial score (nSPS) is 13.5. The number of pyridine rings is 1. The number of nitrogens with zero attached hydrogens (tertiary/aromatic N) is 4. The Balaban J connectivity index is 1.32. The number of benzene rings is 1. The summed E-state index contributed by atoms with van der Waals surface area (Å²) in [4.78, 5) is 19.6. The summed E-state index contributed by atoms with van der Waals surface area (Å²) >= 11 is 0. The highest BCUT2D eigenvalue weighted by molar-refractivity contribution is 5.66. The number of amides is 1. The van der Waals surface area contributed by atoms with Gasteiger partial charge in [-0.05, 0) is 42.9 Å². The standard InChI is InChI=1S/C21H18F4N4O3/c22-21(23,24)19-27-18(28-32-19)15-7-5-13(6-8-15)11-29(25)20(30)31-12-14-9-16-3-1-2-4-17(16)26-10-14/h5-10H,1-4,11-12H2. The molecule has 2 aromatic heterocycles. The second kappa shape index (κ2) is 8.93. The van der Waals surface area contributed by atoms with Crippen LogP contribution in [0.15, 0.2) is 41.1 Å². The summed E-state index contributed by atoms with van der Waals surface area (Å²) in [5.41, 5.74) is 3.52. The number of rotatable bonds is 5. The zero-order valence-electron chi connectivity index (χ0n) is 16.7. The van der Waals surface area contributed by atoms with Crippen molar-refractivity contribution >= 4 is 6.09 Å². The molecule has 0 saturated carbocycles. The Bertz CT molecular complexity index is 1100. The molecule has 0 unspecified atom stereocenters. The lowest BCUT2D eigenvalue weighted by molar-refractivity contribution is -0.159. The molecule has 0 radical (unpaired) electrons. The molecule has 11 heteroatoms. The van der Waals surface area contributed by atoms with Gasteiger partial charge in [0.25, 0.3) is 0 Å². The van der Waals surface area contributed by atoms with Crippen LogP contribution >= 0.6 is 0 Å². The number of hydrogen-bond acceptors (Lipinski definition) is 6. The molecule has 0 N–H and O–H groups in total. The van der Waals surface area contributed by atoms with Gasteiger partial charge in [0.1, 0.15) is 6.61 Å². The van der Waals surface area contributed by atoms with Crippen molar-refractivity contribution in [1.82, 2.24) is 20.2 Å². The van der Waals surface area contributed by atoms with Gasteiger partial charge in [0.05, 0.1) is 6.54 Å². The molecule has 2 heterocycles. The van der Waals surface area contributed by atoms with Gasteiger partial charge in [0.15, 0.2) is 0 Å². The molecule has 0 aliphatic heterocycles. The third-order valence-corrected chi connectivity index (χ3v) is 4.99. The van der Waals surface area contributed by atoms with Crippen molar-refractivity contribution in [2.24, 2.45) is 0 Å². The first kappa shape index (κ1) is 21.7. The van der Waals surface area contributed by atoms with Gasteiger partial charge in [-0.15, -0.1) is 5.12 Å². The van der Waals surface area contributed by atoms with Gasteiger partial charge in [-0.2, -0.15) is 18.2 Å². The summed E-state index contributed by atoms with van der Waals surface area (Å²) in [5.74, 6) is -1.71. The first-order valence-electron chi connectivity index (χ1n) is 9.86. The van der Waals surface area contributed by atoms with Crippen LogP contribution in [0, 0.1) is 0 Å². The van der Waals surface area contributed by atoms with E-state index in [0.29, 0.717) is 11.1 Å². The molecular weight excluding hydrogens is 432 g/mol.